The summed E-state index contributed by atoms with van der Waals surface area (Å²) in [5, 5.41) is 20.5. The number of aromatic nitrogens is 3. The molecule has 0 bridgehead atoms. The minimum Gasteiger partial charge on any atom is -0.507 e. The molecule has 0 atom stereocenters. The molecule has 32 heavy (non-hydrogen) atoms. The van der Waals surface area contributed by atoms with Gasteiger partial charge in [0, 0.05) is 16.9 Å². The van der Waals surface area contributed by atoms with E-state index >= 15 is 0 Å². The number of nitrogens with zero attached hydrogens (tertiary/aromatic N) is 4. The molecule has 0 aliphatic carbocycles. The van der Waals surface area contributed by atoms with Gasteiger partial charge in [0.2, 0.25) is 17.8 Å². The first-order valence-electron chi connectivity index (χ1n) is 9.76. The van der Waals surface area contributed by atoms with E-state index in [1.807, 2.05) is 60.7 Å². The van der Waals surface area contributed by atoms with Crippen LogP contribution in [0.4, 0.5) is 29.2 Å². The third kappa shape index (κ3) is 5.48. The third-order valence-corrected chi connectivity index (χ3v) is 4.30. The summed E-state index contributed by atoms with van der Waals surface area (Å²) in [4.78, 5) is 13.2. The van der Waals surface area contributed by atoms with Crippen LogP contribution in [0.5, 0.6) is 11.5 Å². The van der Waals surface area contributed by atoms with Gasteiger partial charge in [0.05, 0.1) is 13.3 Å². The van der Waals surface area contributed by atoms with E-state index in [4.69, 9.17) is 4.74 Å². The van der Waals surface area contributed by atoms with E-state index in [2.05, 4.69) is 36.1 Å². The second-order valence-electron chi connectivity index (χ2n) is 6.58. The molecule has 9 heteroatoms. The summed E-state index contributed by atoms with van der Waals surface area (Å²) >= 11 is 0. The highest BCUT2D eigenvalue weighted by Crippen LogP contribution is 2.22. The van der Waals surface area contributed by atoms with Gasteiger partial charge >= 0.3 is 0 Å². The number of nitrogens with one attached hydrogen (secondary N) is 3. The van der Waals surface area contributed by atoms with Gasteiger partial charge in [0.25, 0.3) is 0 Å². The van der Waals surface area contributed by atoms with Gasteiger partial charge in [-0.05, 0) is 42.5 Å². The average molecular weight is 427 g/mol. The molecule has 0 saturated heterocycles. The van der Waals surface area contributed by atoms with E-state index in [0.717, 1.165) is 11.4 Å². The van der Waals surface area contributed by atoms with E-state index < -0.39 is 0 Å². The van der Waals surface area contributed by atoms with Crippen molar-refractivity contribution in [2.24, 2.45) is 5.10 Å². The van der Waals surface area contributed by atoms with E-state index in [0.29, 0.717) is 23.2 Å². The van der Waals surface area contributed by atoms with Crippen molar-refractivity contribution in [2.45, 2.75) is 0 Å². The van der Waals surface area contributed by atoms with Crippen molar-refractivity contribution in [3.8, 4) is 11.5 Å². The molecule has 1 heterocycles. The van der Waals surface area contributed by atoms with Crippen LogP contribution in [0.2, 0.25) is 0 Å². The first kappa shape index (κ1) is 20.6. The number of aromatic hydroxyl groups is 1. The maximum absolute atomic E-state index is 10.0. The maximum Gasteiger partial charge on any atom is 0.250 e. The van der Waals surface area contributed by atoms with Gasteiger partial charge in [-0.2, -0.15) is 20.1 Å². The zero-order valence-corrected chi connectivity index (χ0v) is 17.2. The van der Waals surface area contributed by atoms with Crippen molar-refractivity contribution < 1.29 is 9.84 Å². The zero-order valence-electron chi connectivity index (χ0n) is 17.2. The van der Waals surface area contributed by atoms with Crippen molar-refractivity contribution in [1.29, 1.82) is 0 Å². The Labute approximate surface area is 184 Å². The fraction of sp³-hybridized carbons (Fsp3) is 0.0435. The average Bonchev–Trinajstić information content (AvgIpc) is 2.81. The fourth-order valence-electron chi connectivity index (χ4n) is 2.76. The number of anilines is 5. The molecule has 9 nitrogen and oxygen atoms in total. The molecule has 0 aliphatic heterocycles. The summed E-state index contributed by atoms with van der Waals surface area (Å²) in [6, 6.07) is 24.0. The van der Waals surface area contributed by atoms with Crippen LogP contribution in [0.15, 0.2) is 84.0 Å². The topological polar surface area (TPSA) is 117 Å². The molecule has 0 unspecified atom stereocenters. The number of phenolic OH excluding ortho intramolecular Hbond substituents is 1. The molecule has 0 saturated carbocycles. The molecule has 1 aromatic heterocycles. The van der Waals surface area contributed by atoms with Crippen LogP contribution in [0.25, 0.3) is 0 Å². The third-order valence-electron chi connectivity index (χ3n) is 4.30. The summed E-state index contributed by atoms with van der Waals surface area (Å²) in [5.74, 6) is 1.58. The van der Waals surface area contributed by atoms with Gasteiger partial charge in [-0.25, -0.2) is 5.43 Å². The number of hydrogen-bond donors (Lipinski definition) is 4. The van der Waals surface area contributed by atoms with Gasteiger partial charge in [-0.1, -0.05) is 36.4 Å². The SMILES string of the molecule is COc1ccc(O)c(C=NNc2nc(Nc3ccccc3)nc(Nc3ccccc3)n2)c1. The molecule has 160 valence electrons. The van der Waals surface area contributed by atoms with E-state index in [1.54, 1.807) is 19.2 Å². The van der Waals surface area contributed by atoms with Crippen molar-refractivity contribution in [3.05, 3.63) is 84.4 Å². The van der Waals surface area contributed by atoms with E-state index in [-0.39, 0.29) is 11.7 Å². The van der Waals surface area contributed by atoms with Crippen LogP contribution in [0.3, 0.4) is 0 Å². The molecule has 4 rings (SSSR count). The Morgan fingerprint density at radius 2 is 1.34 bits per heavy atom. The molecular weight excluding hydrogens is 406 g/mol. The van der Waals surface area contributed by atoms with Gasteiger partial charge in [0.1, 0.15) is 11.5 Å². The van der Waals surface area contributed by atoms with Gasteiger partial charge < -0.3 is 20.5 Å². The molecule has 3 aromatic carbocycles. The predicted octanol–water partition coefficient (Wildman–Crippen LogP) is 4.52. The summed E-state index contributed by atoms with van der Waals surface area (Å²) in [5.41, 5.74) is 4.93. The Morgan fingerprint density at radius 1 is 0.781 bits per heavy atom. The second kappa shape index (κ2) is 9.90. The van der Waals surface area contributed by atoms with Crippen LogP contribution < -0.4 is 20.8 Å². The first-order chi connectivity index (χ1) is 15.7. The molecule has 0 spiro atoms. The standard InChI is InChI=1S/C23H21N7O2/c1-32-19-12-13-20(31)16(14-19)15-24-30-23-28-21(25-17-8-4-2-5-9-17)27-22(29-23)26-18-10-6-3-7-11-18/h2-15,31H,1H3,(H3,25,26,27,28,29,30). The molecule has 0 radical (unpaired) electrons. The monoisotopic (exact) mass is 427 g/mol. The van der Waals surface area contributed by atoms with Crippen molar-refractivity contribution >= 4 is 35.4 Å². The zero-order chi connectivity index (χ0) is 22.2. The van der Waals surface area contributed by atoms with Crippen LogP contribution in [0.1, 0.15) is 5.56 Å². The van der Waals surface area contributed by atoms with Crippen molar-refractivity contribution in [1.82, 2.24) is 15.0 Å². The molecule has 0 amide bonds. The smallest absolute Gasteiger partial charge is 0.250 e. The highest BCUT2D eigenvalue weighted by atomic mass is 16.5. The highest BCUT2D eigenvalue weighted by Gasteiger charge is 2.08. The lowest BCUT2D eigenvalue weighted by Crippen LogP contribution is -2.07. The van der Waals surface area contributed by atoms with Gasteiger partial charge in [-0.15, -0.1) is 0 Å². The lowest BCUT2D eigenvalue weighted by molar-refractivity contribution is 0.412. The number of hydrazone groups is 1. The summed E-state index contributed by atoms with van der Waals surface area (Å²) in [6.07, 6.45) is 1.45. The largest absolute Gasteiger partial charge is 0.507 e. The molecular formula is C23H21N7O2. The Morgan fingerprint density at radius 3 is 1.91 bits per heavy atom. The summed E-state index contributed by atoms with van der Waals surface area (Å²) in [7, 11) is 1.55. The number of methoxy groups -OCH3 is 1. The Bertz CT molecular complexity index is 1140. The Balaban J connectivity index is 1.58. The molecule has 0 fully saturated rings. The normalized spacial score (nSPS) is 10.7. The van der Waals surface area contributed by atoms with Crippen molar-refractivity contribution in [2.75, 3.05) is 23.2 Å². The van der Waals surface area contributed by atoms with Crippen LogP contribution in [0, 0.1) is 0 Å². The highest BCUT2D eigenvalue weighted by molar-refractivity contribution is 5.84. The van der Waals surface area contributed by atoms with Gasteiger partial charge in [0.15, 0.2) is 0 Å². The number of benzene rings is 3. The quantitative estimate of drug-likeness (QED) is 0.240. The number of phenols is 1. The van der Waals surface area contributed by atoms with Crippen molar-refractivity contribution in [3.63, 3.8) is 0 Å². The van der Waals surface area contributed by atoms with Crippen LogP contribution >= 0.6 is 0 Å². The van der Waals surface area contributed by atoms with Gasteiger partial charge in [-0.3, -0.25) is 0 Å². The number of hydrogen-bond acceptors (Lipinski definition) is 9. The molecule has 4 N–H and O–H groups in total. The number of para-hydroxylation sites is 2. The summed E-state index contributed by atoms with van der Waals surface area (Å²) < 4.78 is 5.18. The lowest BCUT2D eigenvalue weighted by Gasteiger charge is -2.10. The minimum absolute atomic E-state index is 0.0739. The number of ether oxygens (including phenoxy) is 1. The Kier molecular flexibility index (Phi) is 6.37. The predicted molar refractivity (Wildman–Crippen MR) is 125 cm³/mol. The number of rotatable bonds is 8. The van der Waals surface area contributed by atoms with E-state index in [9.17, 15) is 5.11 Å². The van der Waals surface area contributed by atoms with E-state index in [1.165, 1.54) is 12.3 Å². The van der Waals surface area contributed by atoms with Crippen LogP contribution in [-0.2, 0) is 0 Å². The first-order valence-corrected chi connectivity index (χ1v) is 9.76. The maximum atomic E-state index is 10.0. The molecule has 4 aromatic rings. The second-order valence-corrected chi connectivity index (χ2v) is 6.58. The fourth-order valence-corrected chi connectivity index (χ4v) is 2.76. The molecule has 0 aliphatic rings. The Hall–Kier alpha value is -4.66. The summed E-state index contributed by atoms with van der Waals surface area (Å²) in [6.45, 7) is 0. The minimum atomic E-state index is 0.0739. The van der Waals surface area contributed by atoms with Crippen LogP contribution in [-0.4, -0.2) is 33.4 Å². The lowest BCUT2D eigenvalue weighted by atomic mass is 10.2.